The van der Waals surface area contributed by atoms with Crippen LogP contribution in [0, 0.1) is 0 Å². The summed E-state index contributed by atoms with van der Waals surface area (Å²) in [7, 11) is 0. The number of carbonyl (C=O) groups is 1. The van der Waals surface area contributed by atoms with Crippen molar-refractivity contribution in [2.24, 2.45) is 0 Å². The van der Waals surface area contributed by atoms with Gasteiger partial charge in [-0.05, 0) is 12.0 Å². The molecule has 102 valence electrons. The average Bonchev–Trinajstić information content (AvgIpc) is 2.43. The van der Waals surface area contributed by atoms with Crippen molar-refractivity contribution in [2.75, 3.05) is 6.61 Å². The van der Waals surface area contributed by atoms with Crippen molar-refractivity contribution in [3.05, 3.63) is 48.6 Å². The van der Waals surface area contributed by atoms with Crippen molar-refractivity contribution < 1.29 is 14.6 Å². The molecule has 0 spiro atoms. The summed E-state index contributed by atoms with van der Waals surface area (Å²) in [6, 6.07) is 9.84. The van der Waals surface area contributed by atoms with E-state index in [1.807, 2.05) is 30.3 Å². The highest BCUT2D eigenvalue weighted by Gasteiger charge is 2.34. The third-order valence-electron chi connectivity index (χ3n) is 3.32. The molecule has 2 atom stereocenters. The van der Waals surface area contributed by atoms with Gasteiger partial charge in [-0.2, -0.15) is 0 Å². The number of benzene rings is 1. The zero-order chi connectivity index (χ0) is 13.7. The second kappa shape index (κ2) is 6.38. The van der Waals surface area contributed by atoms with E-state index in [4.69, 9.17) is 9.84 Å². The zero-order valence-corrected chi connectivity index (χ0v) is 10.9. The maximum Gasteiger partial charge on any atom is 0.410 e. The SMILES string of the molecule is C=CC[C@H]1C[C@H](CO)OC(=O)N1Cc1ccccc1. The number of hydrogen-bond donors (Lipinski definition) is 1. The molecule has 1 aromatic rings. The largest absolute Gasteiger partial charge is 0.444 e. The molecule has 0 bridgehead atoms. The minimum Gasteiger partial charge on any atom is -0.444 e. The normalized spacial score (nSPS) is 23.0. The number of rotatable bonds is 5. The fourth-order valence-electron chi connectivity index (χ4n) is 2.34. The Balaban J connectivity index is 2.11. The molecule has 1 heterocycles. The van der Waals surface area contributed by atoms with Gasteiger partial charge in [-0.1, -0.05) is 36.4 Å². The predicted molar refractivity (Wildman–Crippen MR) is 72.6 cm³/mol. The Morgan fingerprint density at radius 3 is 2.79 bits per heavy atom. The number of ether oxygens (including phenoxy) is 1. The van der Waals surface area contributed by atoms with Crippen molar-refractivity contribution >= 4 is 6.09 Å². The minimum absolute atomic E-state index is 0.0381. The number of nitrogens with zero attached hydrogens (tertiary/aromatic N) is 1. The lowest BCUT2D eigenvalue weighted by molar-refractivity contribution is -0.0255. The van der Waals surface area contributed by atoms with Crippen LogP contribution in [0.1, 0.15) is 18.4 Å². The van der Waals surface area contributed by atoms with Gasteiger partial charge in [0.15, 0.2) is 0 Å². The lowest BCUT2D eigenvalue weighted by atomic mass is 10.0. The first-order valence-electron chi connectivity index (χ1n) is 6.47. The van der Waals surface area contributed by atoms with Gasteiger partial charge in [-0.15, -0.1) is 6.58 Å². The van der Waals surface area contributed by atoms with Gasteiger partial charge >= 0.3 is 6.09 Å². The molecule has 4 heteroatoms. The monoisotopic (exact) mass is 261 g/mol. The van der Waals surface area contributed by atoms with Crippen LogP contribution in [-0.4, -0.2) is 34.9 Å². The van der Waals surface area contributed by atoms with Gasteiger partial charge in [0.1, 0.15) is 6.10 Å². The summed E-state index contributed by atoms with van der Waals surface area (Å²) in [6.07, 6.45) is 2.39. The van der Waals surface area contributed by atoms with Gasteiger partial charge in [-0.25, -0.2) is 4.79 Å². The molecule has 1 aliphatic rings. The lowest BCUT2D eigenvalue weighted by Crippen LogP contribution is -2.49. The van der Waals surface area contributed by atoms with Crippen molar-refractivity contribution in [2.45, 2.75) is 31.5 Å². The quantitative estimate of drug-likeness (QED) is 0.828. The number of carbonyl (C=O) groups excluding carboxylic acids is 1. The third kappa shape index (κ3) is 3.35. The zero-order valence-electron chi connectivity index (χ0n) is 10.9. The molecular weight excluding hydrogens is 242 g/mol. The smallest absolute Gasteiger partial charge is 0.410 e. The summed E-state index contributed by atoms with van der Waals surface area (Å²) >= 11 is 0. The number of aliphatic hydroxyl groups excluding tert-OH is 1. The molecule has 1 N–H and O–H groups in total. The van der Waals surface area contributed by atoms with Gasteiger partial charge < -0.3 is 14.7 Å². The van der Waals surface area contributed by atoms with E-state index in [2.05, 4.69) is 6.58 Å². The van der Waals surface area contributed by atoms with Crippen molar-refractivity contribution in [3.8, 4) is 0 Å². The first-order valence-corrected chi connectivity index (χ1v) is 6.47. The van der Waals surface area contributed by atoms with Crippen LogP contribution in [-0.2, 0) is 11.3 Å². The van der Waals surface area contributed by atoms with Crippen molar-refractivity contribution in [1.82, 2.24) is 4.90 Å². The molecule has 0 saturated carbocycles. The Morgan fingerprint density at radius 2 is 2.16 bits per heavy atom. The molecule has 0 aromatic heterocycles. The van der Waals surface area contributed by atoms with Crippen molar-refractivity contribution in [3.63, 3.8) is 0 Å². The Labute approximate surface area is 113 Å². The Morgan fingerprint density at radius 1 is 1.42 bits per heavy atom. The van der Waals surface area contributed by atoms with E-state index >= 15 is 0 Å². The van der Waals surface area contributed by atoms with Crippen LogP contribution in [0.15, 0.2) is 43.0 Å². The fourth-order valence-corrected chi connectivity index (χ4v) is 2.34. The van der Waals surface area contributed by atoms with Crippen LogP contribution in [0.25, 0.3) is 0 Å². The van der Waals surface area contributed by atoms with Gasteiger partial charge in [0, 0.05) is 19.0 Å². The van der Waals surface area contributed by atoms with E-state index < -0.39 is 6.10 Å². The van der Waals surface area contributed by atoms with E-state index in [9.17, 15) is 4.79 Å². The van der Waals surface area contributed by atoms with E-state index in [0.717, 1.165) is 5.56 Å². The molecule has 1 fully saturated rings. The molecule has 1 amide bonds. The topological polar surface area (TPSA) is 49.8 Å². The van der Waals surface area contributed by atoms with Crippen LogP contribution in [0.5, 0.6) is 0 Å². The number of aliphatic hydroxyl groups is 1. The summed E-state index contributed by atoms with van der Waals surface area (Å²) in [6.45, 7) is 4.13. The maximum absolute atomic E-state index is 12.0. The first kappa shape index (κ1) is 13.6. The van der Waals surface area contributed by atoms with Gasteiger partial charge in [0.2, 0.25) is 0 Å². The van der Waals surface area contributed by atoms with Crippen LogP contribution in [0.2, 0.25) is 0 Å². The molecule has 1 aliphatic heterocycles. The number of cyclic esters (lactones) is 1. The highest BCUT2D eigenvalue weighted by Crippen LogP contribution is 2.23. The second-order valence-corrected chi connectivity index (χ2v) is 4.72. The molecule has 0 unspecified atom stereocenters. The lowest BCUT2D eigenvalue weighted by Gasteiger charge is -2.38. The summed E-state index contributed by atoms with van der Waals surface area (Å²) in [5, 5.41) is 9.15. The highest BCUT2D eigenvalue weighted by molar-refractivity contribution is 5.69. The Bertz CT molecular complexity index is 432. The van der Waals surface area contributed by atoms with E-state index in [1.54, 1.807) is 11.0 Å². The molecule has 1 aromatic carbocycles. The number of hydrogen-bond acceptors (Lipinski definition) is 3. The average molecular weight is 261 g/mol. The molecule has 2 rings (SSSR count). The summed E-state index contributed by atoms with van der Waals surface area (Å²) in [5.41, 5.74) is 1.07. The minimum atomic E-state index is -0.399. The molecule has 0 radical (unpaired) electrons. The first-order chi connectivity index (χ1) is 9.24. The summed E-state index contributed by atoms with van der Waals surface area (Å²) in [5.74, 6) is 0. The molecular formula is C15H19NO3. The van der Waals surface area contributed by atoms with Crippen LogP contribution >= 0.6 is 0 Å². The summed E-state index contributed by atoms with van der Waals surface area (Å²) < 4.78 is 5.20. The van der Waals surface area contributed by atoms with E-state index in [-0.39, 0.29) is 18.7 Å². The molecule has 0 aliphatic carbocycles. The molecule has 1 saturated heterocycles. The maximum atomic E-state index is 12.0. The van der Waals surface area contributed by atoms with Gasteiger partial charge in [-0.3, -0.25) is 0 Å². The molecule has 4 nitrogen and oxygen atoms in total. The van der Waals surface area contributed by atoms with Crippen molar-refractivity contribution in [1.29, 1.82) is 0 Å². The third-order valence-corrected chi connectivity index (χ3v) is 3.32. The Kier molecular flexibility index (Phi) is 4.58. The fraction of sp³-hybridized carbons (Fsp3) is 0.400. The standard InChI is InChI=1S/C15H19NO3/c1-2-6-13-9-14(11-17)19-15(18)16(13)10-12-7-4-3-5-8-12/h2-5,7-8,13-14,17H,1,6,9-11H2/t13-,14+/m0/s1. The highest BCUT2D eigenvalue weighted by atomic mass is 16.6. The van der Waals surface area contributed by atoms with Crippen LogP contribution in [0.4, 0.5) is 4.79 Å². The van der Waals surface area contributed by atoms with Crippen LogP contribution in [0.3, 0.4) is 0 Å². The van der Waals surface area contributed by atoms with Crippen LogP contribution < -0.4 is 0 Å². The van der Waals surface area contributed by atoms with Gasteiger partial charge in [0.05, 0.1) is 6.61 Å². The van der Waals surface area contributed by atoms with E-state index in [1.165, 1.54) is 0 Å². The summed E-state index contributed by atoms with van der Waals surface area (Å²) in [4.78, 5) is 13.7. The van der Waals surface area contributed by atoms with Gasteiger partial charge in [0.25, 0.3) is 0 Å². The van der Waals surface area contributed by atoms with E-state index in [0.29, 0.717) is 19.4 Å². The predicted octanol–water partition coefficient (Wildman–Crippen LogP) is 2.33. The Hall–Kier alpha value is -1.81. The second-order valence-electron chi connectivity index (χ2n) is 4.72. The number of amides is 1. The molecule has 19 heavy (non-hydrogen) atoms.